The zero-order valence-electron chi connectivity index (χ0n) is 11.8. The fraction of sp³-hybridized carbons (Fsp3) is 0.571. The van der Waals surface area contributed by atoms with E-state index in [1.54, 1.807) is 0 Å². The molecule has 0 saturated carbocycles. The molecule has 0 heterocycles. The molecule has 0 aliphatic heterocycles. The van der Waals surface area contributed by atoms with Crippen molar-refractivity contribution >= 4 is 9.84 Å². The number of hydrogen-bond acceptors (Lipinski definition) is 3. The summed E-state index contributed by atoms with van der Waals surface area (Å²) in [7, 11) is -3.76. The normalized spacial score (nSPS) is 13.4. The summed E-state index contributed by atoms with van der Waals surface area (Å²) in [4.78, 5) is -0.544. The van der Waals surface area contributed by atoms with Crippen molar-refractivity contribution in [1.82, 2.24) is 5.32 Å². The van der Waals surface area contributed by atoms with Crippen LogP contribution in [0.4, 0.5) is 8.78 Å². The lowest BCUT2D eigenvalue weighted by atomic mass is 10.1. The predicted molar refractivity (Wildman–Crippen MR) is 75.4 cm³/mol. The first-order valence-corrected chi connectivity index (χ1v) is 8.43. The van der Waals surface area contributed by atoms with Gasteiger partial charge in [0, 0.05) is 6.04 Å². The van der Waals surface area contributed by atoms with Crippen LogP contribution < -0.4 is 5.32 Å². The SMILES string of the molecule is CCNC(C)CCCCS(=O)(=O)c1cc(F)ccc1F. The van der Waals surface area contributed by atoms with Crippen LogP contribution in [0.2, 0.25) is 0 Å². The first-order valence-electron chi connectivity index (χ1n) is 6.78. The Morgan fingerprint density at radius 2 is 1.95 bits per heavy atom. The van der Waals surface area contributed by atoms with E-state index in [0.717, 1.165) is 37.6 Å². The molecule has 0 saturated heterocycles. The maximum absolute atomic E-state index is 13.4. The fourth-order valence-corrected chi connectivity index (χ4v) is 3.48. The van der Waals surface area contributed by atoms with Gasteiger partial charge in [-0.15, -0.1) is 0 Å². The molecule has 3 nitrogen and oxygen atoms in total. The molecule has 0 bridgehead atoms. The molecule has 0 radical (unpaired) electrons. The van der Waals surface area contributed by atoms with Gasteiger partial charge in [-0.25, -0.2) is 17.2 Å². The van der Waals surface area contributed by atoms with E-state index >= 15 is 0 Å². The van der Waals surface area contributed by atoms with E-state index in [0.29, 0.717) is 12.5 Å². The van der Waals surface area contributed by atoms with E-state index < -0.39 is 26.4 Å². The number of hydrogen-bond donors (Lipinski definition) is 1. The number of unbranched alkanes of at least 4 members (excludes halogenated alkanes) is 1. The van der Waals surface area contributed by atoms with E-state index in [1.165, 1.54) is 0 Å². The quantitative estimate of drug-likeness (QED) is 0.751. The zero-order valence-corrected chi connectivity index (χ0v) is 12.6. The van der Waals surface area contributed by atoms with Crippen molar-refractivity contribution in [3.8, 4) is 0 Å². The van der Waals surface area contributed by atoms with Gasteiger partial charge in [0.1, 0.15) is 16.5 Å². The highest BCUT2D eigenvalue weighted by Crippen LogP contribution is 2.18. The van der Waals surface area contributed by atoms with Crippen molar-refractivity contribution in [3.05, 3.63) is 29.8 Å². The van der Waals surface area contributed by atoms with Crippen LogP contribution in [0.5, 0.6) is 0 Å². The minimum Gasteiger partial charge on any atom is -0.315 e. The maximum Gasteiger partial charge on any atom is 0.181 e. The van der Waals surface area contributed by atoms with Crippen molar-refractivity contribution in [2.75, 3.05) is 12.3 Å². The standard InChI is InChI=1S/C14H21F2NO2S/c1-3-17-11(2)6-4-5-9-20(18,19)14-10-12(15)7-8-13(14)16/h7-8,10-11,17H,3-6,9H2,1-2H3. The summed E-state index contributed by atoms with van der Waals surface area (Å²) in [5, 5.41) is 3.23. The maximum atomic E-state index is 13.4. The van der Waals surface area contributed by atoms with Crippen molar-refractivity contribution < 1.29 is 17.2 Å². The van der Waals surface area contributed by atoms with Gasteiger partial charge in [-0.3, -0.25) is 0 Å². The van der Waals surface area contributed by atoms with Crippen molar-refractivity contribution in [3.63, 3.8) is 0 Å². The minimum atomic E-state index is -3.76. The Morgan fingerprint density at radius 3 is 2.60 bits per heavy atom. The summed E-state index contributed by atoms with van der Waals surface area (Å²) >= 11 is 0. The van der Waals surface area contributed by atoms with Crippen molar-refractivity contribution in [1.29, 1.82) is 0 Å². The van der Waals surface area contributed by atoms with E-state index in [9.17, 15) is 17.2 Å². The van der Waals surface area contributed by atoms with Crippen molar-refractivity contribution in [2.45, 2.75) is 44.0 Å². The van der Waals surface area contributed by atoms with Crippen LogP contribution in [-0.2, 0) is 9.84 Å². The van der Waals surface area contributed by atoms with Gasteiger partial charge in [-0.1, -0.05) is 13.3 Å². The van der Waals surface area contributed by atoms with Gasteiger partial charge >= 0.3 is 0 Å². The van der Waals surface area contributed by atoms with Crippen LogP contribution in [0.15, 0.2) is 23.1 Å². The van der Waals surface area contributed by atoms with Crippen LogP contribution in [0.25, 0.3) is 0 Å². The largest absolute Gasteiger partial charge is 0.315 e. The fourth-order valence-electron chi connectivity index (χ4n) is 2.02. The Balaban J connectivity index is 2.56. The smallest absolute Gasteiger partial charge is 0.181 e. The summed E-state index contributed by atoms with van der Waals surface area (Å²) in [6.07, 6.45) is 2.02. The van der Waals surface area contributed by atoms with E-state index in [4.69, 9.17) is 0 Å². The molecule has 1 rings (SSSR count). The van der Waals surface area contributed by atoms with Gasteiger partial charge < -0.3 is 5.32 Å². The van der Waals surface area contributed by atoms with Crippen LogP contribution in [-0.4, -0.2) is 26.8 Å². The second kappa shape index (κ2) is 7.69. The summed E-state index contributed by atoms with van der Waals surface area (Å²) in [6, 6.07) is 2.82. The lowest BCUT2D eigenvalue weighted by Gasteiger charge is -2.11. The molecule has 1 unspecified atom stereocenters. The Kier molecular flexibility index (Phi) is 6.55. The lowest BCUT2D eigenvalue weighted by Crippen LogP contribution is -2.25. The molecule has 6 heteroatoms. The minimum absolute atomic E-state index is 0.160. The molecule has 1 N–H and O–H groups in total. The second-order valence-corrected chi connectivity index (χ2v) is 6.93. The molecule has 1 atom stereocenters. The topological polar surface area (TPSA) is 46.2 Å². The highest BCUT2D eigenvalue weighted by molar-refractivity contribution is 7.91. The third kappa shape index (κ3) is 5.17. The molecule has 114 valence electrons. The van der Waals surface area contributed by atoms with E-state index in [-0.39, 0.29) is 5.75 Å². The number of rotatable bonds is 8. The molecule has 1 aromatic rings. The monoisotopic (exact) mass is 305 g/mol. The number of benzene rings is 1. The van der Waals surface area contributed by atoms with Gasteiger partial charge in [-0.05, 0) is 44.5 Å². The number of nitrogens with one attached hydrogen (secondary N) is 1. The molecule has 0 spiro atoms. The summed E-state index contributed by atoms with van der Waals surface area (Å²) < 4.78 is 50.4. The first kappa shape index (κ1) is 17.0. The Morgan fingerprint density at radius 1 is 1.25 bits per heavy atom. The number of halogens is 2. The molecule has 1 aromatic carbocycles. The molecular formula is C14H21F2NO2S. The van der Waals surface area contributed by atoms with Crippen LogP contribution in [0.3, 0.4) is 0 Å². The van der Waals surface area contributed by atoms with Crippen LogP contribution in [0, 0.1) is 11.6 Å². The molecule has 0 aliphatic rings. The van der Waals surface area contributed by atoms with Gasteiger partial charge in [0.15, 0.2) is 9.84 Å². The summed E-state index contributed by atoms with van der Waals surface area (Å²) in [5.41, 5.74) is 0. The Hall–Kier alpha value is -1.01. The molecule has 0 fully saturated rings. The molecule has 0 aromatic heterocycles. The van der Waals surface area contributed by atoms with Gasteiger partial charge in [0.05, 0.1) is 5.75 Å². The molecule has 0 amide bonds. The lowest BCUT2D eigenvalue weighted by molar-refractivity contribution is 0.506. The summed E-state index contributed by atoms with van der Waals surface area (Å²) in [6.45, 7) is 4.91. The predicted octanol–water partition coefficient (Wildman–Crippen LogP) is 2.91. The third-order valence-corrected chi connectivity index (χ3v) is 4.89. The zero-order chi connectivity index (χ0) is 15.2. The summed E-state index contributed by atoms with van der Waals surface area (Å²) in [5.74, 6) is -1.80. The Bertz CT molecular complexity index is 532. The highest BCUT2D eigenvalue weighted by atomic mass is 32.2. The average Bonchev–Trinajstić information content (AvgIpc) is 2.38. The third-order valence-electron chi connectivity index (χ3n) is 3.08. The van der Waals surface area contributed by atoms with Gasteiger partial charge in [-0.2, -0.15) is 0 Å². The van der Waals surface area contributed by atoms with Crippen LogP contribution >= 0.6 is 0 Å². The second-order valence-electron chi connectivity index (χ2n) is 4.85. The van der Waals surface area contributed by atoms with Gasteiger partial charge in [0.2, 0.25) is 0 Å². The van der Waals surface area contributed by atoms with Crippen molar-refractivity contribution in [2.24, 2.45) is 0 Å². The van der Waals surface area contributed by atoms with E-state index in [1.807, 2.05) is 13.8 Å². The highest BCUT2D eigenvalue weighted by Gasteiger charge is 2.19. The first-order chi connectivity index (χ1) is 9.36. The van der Waals surface area contributed by atoms with Crippen LogP contribution in [0.1, 0.15) is 33.1 Å². The molecule has 0 aliphatic carbocycles. The molecular weight excluding hydrogens is 284 g/mol. The average molecular weight is 305 g/mol. The Labute approximate surface area is 119 Å². The molecule has 20 heavy (non-hydrogen) atoms. The van der Waals surface area contributed by atoms with E-state index in [2.05, 4.69) is 5.32 Å². The van der Waals surface area contributed by atoms with Gasteiger partial charge in [0.25, 0.3) is 0 Å². The number of sulfone groups is 1.